The van der Waals surface area contributed by atoms with E-state index in [4.69, 9.17) is 4.74 Å². The number of carbonyl (C=O) groups excluding carboxylic acids is 1. The number of benzene rings is 2. The maximum atomic E-state index is 12.8. The van der Waals surface area contributed by atoms with Crippen molar-refractivity contribution in [3.05, 3.63) is 65.0 Å². The molecule has 0 spiro atoms. The number of thioether (sulfide) groups is 1. The van der Waals surface area contributed by atoms with Crippen molar-refractivity contribution in [2.24, 2.45) is 7.05 Å². The van der Waals surface area contributed by atoms with Crippen molar-refractivity contribution in [3.8, 4) is 5.75 Å². The molecule has 31 heavy (non-hydrogen) atoms. The van der Waals surface area contributed by atoms with Gasteiger partial charge < -0.3 is 14.6 Å². The zero-order chi connectivity index (χ0) is 22.6. The van der Waals surface area contributed by atoms with E-state index in [1.807, 2.05) is 32.0 Å². The molecule has 6 nitrogen and oxygen atoms in total. The highest BCUT2D eigenvalue weighted by atomic mass is 32.2. The first-order valence-electron chi connectivity index (χ1n) is 9.31. The number of hydrogen-bond acceptors (Lipinski definition) is 5. The molecule has 0 saturated carbocycles. The van der Waals surface area contributed by atoms with E-state index < -0.39 is 17.6 Å². The highest BCUT2D eigenvalue weighted by molar-refractivity contribution is 7.99. The maximum Gasteiger partial charge on any atom is 0.416 e. The molecule has 0 aliphatic heterocycles. The van der Waals surface area contributed by atoms with E-state index in [-0.39, 0.29) is 18.0 Å². The predicted octanol–water partition coefficient (Wildman–Crippen LogP) is 4.76. The highest BCUT2D eigenvalue weighted by Crippen LogP contribution is 2.30. The molecule has 10 heteroatoms. The van der Waals surface area contributed by atoms with Crippen molar-refractivity contribution in [3.63, 3.8) is 0 Å². The van der Waals surface area contributed by atoms with Gasteiger partial charge in [-0.05, 0) is 55.3 Å². The monoisotopic (exact) mass is 450 g/mol. The van der Waals surface area contributed by atoms with Gasteiger partial charge in [0.1, 0.15) is 12.4 Å². The molecule has 0 radical (unpaired) electrons. The molecule has 0 aliphatic rings. The van der Waals surface area contributed by atoms with Gasteiger partial charge in [-0.15, -0.1) is 10.2 Å². The lowest BCUT2D eigenvalue weighted by Crippen LogP contribution is -2.15. The van der Waals surface area contributed by atoms with Gasteiger partial charge in [-0.25, -0.2) is 0 Å². The minimum Gasteiger partial charge on any atom is -0.486 e. The Hall–Kier alpha value is -3.01. The Bertz CT molecular complexity index is 1080. The van der Waals surface area contributed by atoms with Crippen LogP contribution in [0, 0.1) is 13.8 Å². The lowest BCUT2D eigenvalue weighted by molar-refractivity contribution is -0.137. The summed E-state index contributed by atoms with van der Waals surface area (Å²) in [6, 6.07) is 10.3. The van der Waals surface area contributed by atoms with Gasteiger partial charge in [-0.3, -0.25) is 4.79 Å². The second-order valence-electron chi connectivity index (χ2n) is 6.91. The van der Waals surface area contributed by atoms with E-state index in [1.54, 1.807) is 11.6 Å². The molecule has 3 rings (SSSR count). The van der Waals surface area contributed by atoms with E-state index >= 15 is 0 Å². The second-order valence-corrected chi connectivity index (χ2v) is 7.85. The summed E-state index contributed by atoms with van der Waals surface area (Å²) in [5.41, 5.74) is 1.56. The van der Waals surface area contributed by atoms with Crippen molar-refractivity contribution in [2.75, 3.05) is 11.1 Å². The number of anilines is 1. The summed E-state index contributed by atoms with van der Waals surface area (Å²) in [4.78, 5) is 12.1. The molecule has 1 heterocycles. The van der Waals surface area contributed by atoms with Crippen molar-refractivity contribution in [1.82, 2.24) is 14.8 Å². The molecule has 0 atom stereocenters. The smallest absolute Gasteiger partial charge is 0.416 e. The molecule has 0 unspecified atom stereocenters. The number of rotatable bonds is 7. The summed E-state index contributed by atoms with van der Waals surface area (Å²) in [7, 11) is 1.76. The van der Waals surface area contributed by atoms with Crippen LogP contribution in [0.4, 0.5) is 18.9 Å². The van der Waals surface area contributed by atoms with Gasteiger partial charge in [0.25, 0.3) is 0 Å². The van der Waals surface area contributed by atoms with Gasteiger partial charge in [0.05, 0.1) is 11.3 Å². The Morgan fingerprint density at radius 3 is 2.61 bits per heavy atom. The van der Waals surface area contributed by atoms with Crippen LogP contribution in [0.5, 0.6) is 5.75 Å². The summed E-state index contributed by atoms with van der Waals surface area (Å²) in [6.45, 7) is 4.24. The number of carbonyl (C=O) groups is 1. The fourth-order valence-electron chi connectivity index (χ4n) is 2.65. The first-order chi connectivity index (χ1) is 14.6. The molecule has 0 saturated heterocycles. The van der Waals surface area contributed by atoms with Crippen LogP contribution in [0.15, 0.2) is 47.6 Å². The van der Waals surface area contributed by atoms with Crippen LogP contribution in [-0.2, 0) is 24.6 Å². The molecule has 3 aromatic rings. The number of ether oxygens (including phenoxy) is 1. The third kappa shape index (κ3) is 6.00. The number of amides is 1. The van der Waals surface area contributed by atoms with E-state index in [2.05, 4.69) is 15.5 Å². The van der Waals surface area contributed by atoms with E-state index in [0.29, 0.717) is 11.0 Å². The lowest BCUT2D eigenvalue weighted by atomic mass is 10.1. The summed E-state index contributed by atoms with van der Waals surface area (Å²) >= 11 is 1.13. The number of aromatic nitrogens is 3. The van der Waals surface area contributed by atoms with Crippen LogP contribution < -0.4 is 10.1 Å². The first-order valence-corrected chi connectivity index (χ1v) is 10.3. The Balaban J connectivity index is 1.54. The van der Waals surface area contributed by atoms with Crippen molar-refractivity contribution >= 4 is 23.4 Å². The number of alkyl halides is 3. The fraction of sp³-hybridized carbons (Fsp3) is 0.286. The van der Waals surface area contributed by atoms with Gasteiger partial charge in [-0.2, -0.15) is 13.2 Å². The van der Waals surface area contributed by atoms with Gasteiger partial charge in [-0.1, -0.05) is 23.9 Å². The van der Waals surface area contributed by atoms with Crippen LogP contribution in [0.3, 0.4) is 0 Å². The van der Waals surface area contributed by atoms with Crippen LogP contribution in [-0.4, -0.2) is 26.4 Å². The minimum atomic E-state index is -4.47. The van der Waals surface area contributed by atoms with Crippen molar-refractivity contribution < 1.29 is 22.7 Å². The topological polar surface area (TPSA) is 69.0 Å². The third-order valence-corrected chi connectivity index (χ3v) is 5.60. The van der Waals surface area contributed by atoms with Gasteiger partial charge >= 0.3 is 6.18 Å². The zero-order valence-electron chi connectivity index (χ0n) is 17.2. The average molecular weight is 450 g/mol. The molecule has 1 N–H and O–H groups in total. The molecular weight excluding hydrogens is 429 g/mol. The van der Waals surface area contributed by atoms with Crippen LogP contribution >= 0.6 is 11.8 Å². The van der Waals surface area contributed by atoms with Crippen molar-refractivity contribution in [2.45, 2.75) is 31.8 Å². The maximum absolute atomic E-state index is 12.8. The predicted molar refractivity (Wildman–Crippen MR) is 112 cm³/mol. The number of nitrogens with zero attached hydrogens (tertiary/aromatic N) is 3. The normalized spacial score (nSPS) is 11.4. The van der Waals surface area contributed by atoms with E-state index in [9.17, 15) is 18.0 Å². The Morgan fingerprint density at radius 2 is 1.90 bits per heavy atom. The van der Waals surface area contributed by atoms with Gasteiger partial charge in [0.2, 0.25) is 5.91 Å². The molecular formula is C21H21F3N4O2S. The van der Waals surface area contributed by atoms with Crippen LogP contribution in [0.1, 0.15) is 22.5 Å². The molecule has 0 fully saturated rings. The number of nitrogens with one attached hydrogen (secondary N) is 1. The third-order valence-electron chi connectivity index (χ3n) is 4.58. The van der Waals surface area contributed by atoms with Gasteiger partial charge in [0.15, 0.2) is 11.0 Å². The fourth-order valence-corrected chi connectivity index (χ4v) is 3.38. The SMILES string of the molecule is Cc1ccc(OCc2nnc(SCC(=O)Nc3cccc(C(F)(F)F)c3)n2C)cc1C. The number of hydrogen-bond donors (Lipinski definition) is 1. The highest BCUT2D eigenvalue weighted by Gasteiger charge is 2.30. The number of halogens is 3. The summed E-state index contributed by atoms with van der Waals surface area (Å²) in [6.07, 6.45) is -4.47. The first kappa shape index (κ1) is 22.7. The average Bonchev–Trinajstić information content (AvgIpc) is 3.06. The second kappa shape index (κ2) is 9.42. The molecule has 1 amide bonds. The summed E-state index contributed by atoms with van der Waals surface area (Å²) in [5.74, 6) is 0.834. The molecule has 164 valence electrons. The van der Waals surface area contributed by atoms with Crippen molar-refractivity contribution in [1.29, 1.82) is 0 Å². The Kier molecular flexibility index (Phi) is 6.89. The van der Waals surface area contributed by atoms with Crippen LogP contribution in [0.25, 0.3) is 0 Å². The molecule has 0 bridgehead atoms. The molecule has 0 aliphatic carbocycles. The Labute approximate surface area is 181 Å². The summed E-state index contributed by atoms with van der Waals surface area (Å²) in [5, 5.41) is 11.1. The number of aryl methyl sites for hydroxylation is 2. The lowest BCUT2D eigenvalue weighted by Gasteiger charge is -2.10. The van der Waals surface area contributed by atoms with Gasteiger partial charge in [0, 0.05) is 12.7 Å². The zero-order valence-corrected chi connectivity index (χ0v) is 18.0. The van der Waals surface area contributed by atoms with E-state index in [0.717, 1.165) is 35.2 Å². The Morgan fingerprint density at radius 1 is 1.13 bits per heavy atom. The van der Waals surface area contributed by atoms with Crippen LogP contribution in [0.2, 0.25) is 0 Å². The minimum absolute atomic E-state index is 0.0275. The quantitative estimate of drug-likeness (QED) is 0.526. The molecule has 1 aromatic heterocycles. The van der Waals surface area contributed by atoms with E-state index in [1.165, 1.54) is 17.7 Å². The largest absolute Gasteiger partial charge is 0.486 e. The molecule has 2 aromatic carbocycles. The standard InChI is InChI=1S/C21H21F3N4O2S/c1-13-7-8-17(9-14(13)2)30-11-18-26-27-20(28(18)3)31-12-19(29)25-16-6-4-5-15(10-16)21(22,23)24/h4-10H,11-12H2,1-3H3,(H,25,29). The summed E-state index contributed by atoms with van der Waals surface area (Å²) < 4.78 is 45.8.